The highest BCUT2D eigenvalue weighted by atomic mass is 32.2. The molecule has 8 nitrogen and oxygen atoms in total. The van der Waals surface area contributed by atoms with Gasteiger partial charge in [0.25, 0.3) is 0 Å². The van der Waals surface area contributed by atoms with Gasteiger partial charge in [-0.05, 0) is 19.8 Å². The lowest BCUT2D eigenvalue weighted by Crippen LogP contribution is -2.16. The van der Waals surface area contributed by atoms with Crippen molar-refractivity contribution in [1.29, 1.82) is 5.26 Å². The number of aromatic nitrogens is 4. The molecule has 2 aromatic heterocycles. The molecule has 0 radical (unpaired) electrons. The van der Waals surface area contributed by atoms with Crippen molar-refractivity contribution in [2.75, 3.05) is 5.75 Å². The van der Waals surface area contributed by atoms with E-state index >= 15 is 0 Å². The second-order valence-corrected chi connectivity index (χ2v) is 7.96. The van der Waals surface area contributed by atoms with Crippen LogP contribution in [0.3, 0.4) is 0 Å². The number of thiazole rings is 1. The Kier molecular flexibility index (Phi) is 5.68. The first-order valence-corrected chi connectivity index (χ1v) is 10.0. The first-order valence-electron chi connectivity index (χ1n) is 8.18. The second-order valence-electron chi connectivity index (χ2n) is 6.13. The standard InChI is InChI=1S/C16H18N6O2S2/c1-9-7-25-15(19-9)11(6-17)12(23)8-26-16-21-20-14(10-2-3-10)22(16)5-4-13(18)24/h7,10-11H,2-5,8H2,1H3,(H2,18,24)/t11-/m1/s1. The number of nitrogens with two attached hydrogens (primary N) is 1. The van der Waals surface area contributed by atoms with Crippen molar-refractivity contribution in [3.05, 3.63) is 21.9 Å². The van der Waals surface area contributed by atoms with Gasteiger partial charge in [0.2, 0.25) is 5.91 Å². The maximum Gasteiger partial charge on any atom is 0.219 e. The summed E-state index contributed by atoms with van der Waals surface area (Å²) in [5, 5.41) is 20.6. The van der Waals surface area contributed by atoms with Crippen LogP contribution in [-0.2, 0) is 16.1 Å². The molecule has 3 rings (SSSR count). The van der Waals surface area contributed by atoms with E-state index in [1.807, 2.05) is 22.9 Å². The number of nitriles is 1. The highest BCUT2D eigenvalue weighted by molar-refractivity contribution is 7.99. The molecule has 0 spiro atoms. The van der Waals surface area contributed by atoms with Crippen LogP contribution in [0.2, 0.25) is 0 Å². The van der Waals surface area contributed by atoms with E-state index < -0.39 is 11.8 Å². The third-order valence-electron chi connectivity index (χ3n) is 3.95. The fourth-order valence-electron chi connectivity index (χ4n) is 2.47. The Bertz CT molecular complexity index is 864. The van der Waals surface area contributed by atoms with Gasteiger partial charge in [-0.1, -0.05) is 11.8 Å². The Morgan fingerprint density at radius 3 is 2.85 bits per heavy atom. The third kappa shape index (κ3) is 4.28. The number of aryl methyl sites for hydroxylation is 1. The normalized spacial score (nSPS) is 14.8. The number of ketones is 1. The predicted octanol–water partition coefficient (Wildman–Crippen LogP) is 1.76. The largest absolute Gasteiger partial charge is 0.370 e. The molecule has 2 N–H and O–H groups in total. The average Bonchev–Trinajstić information content (AvgIpc) is 3.23. The Balaban J connectivity index is 1.69. The highest BCUT2D eigenvalue weighted by Crippen LogP contribution is 2.40. The van der Waals surface area contributed by atoms with Crippen LogP contribution in [0.25, 0.3) is 0 Å². The Morgan fingerprint density at radius 2 is 2.27 bits per heavy atom. The summed E-state index contributed by atoms with van der Waals surface area (Å²) < 4.78 is 1.87. The predicted molar refractivity (Wildman–Crippen MR) is 96.7 cm³/mol. The zero-order valence-corrected chi connectivity index (χ0v) is 15.8. The van der Waals surface area contributed by atoms with Crippen LogP contribution in [0.15, 0.2) is 10.5 Å². The summed E-state index contributed by atoms with van der Waals surface area (Å²) in [6.45, 7) is 2.23. The molecule has 0 aromatic carbocycles. The van der Waals surface area contributed by atoms with Crippen LogP contribution in [-0.4, -0.2) is 37.2 Å². The molecule has 0 aliphatic heterocycles. The van der Waals surface area contributed by atoms with E-state index in [-0.39, 0.29) is 18.0 Å². The van der Waals surface area contributed by atoms with Gasteiger partial charge in [-0.2, -0.15) is 5.26 Å². The summed E-state index contributed by atoms with van der Waals surface area (Å²) in [5.74, 6) is -0.179. The van der Waals surface area contributed by atoms with E-state index in [4.69, 9.17) is 5.73 Å². The molecule has 1 aliphatic carbocycles. The Hall–Kier alpha value is -2.25. The molecule has 10 heteroatoms. The molecule has 0 bridgehead atoms. The summed E-state index contributed by atoms with van der Waals surface area (Å²) in [7, 11) is 0. The molecule has 1 aliphatic rings. The summed E-state index contributed by atoms with van der Waals surface area (Å²) in [5.41, 5.74) is 6.05. The number of carbonyl (C=O) groups excluding carboxylic acids is 2. The van der Waals surface area contributed by atoms with Gasteiger partial charge in [0.1, 0.15) is 10.8 Å². The van der Waals surface area contributed by atoms with Crippen LogP contribution in [0.5, 0.6) is 0 Å². The van der Waals surface area contributed by atoms with E-state index in [0.29, 0.717) is 22.6 Å². The van der Waals surface area contributed by atoms with E-state index in [1.54, 1.807) is 0 Å². The van der Waals surface area contributed by atoms with Gasteiger partial charge in [0.15, 0.2) is 16.9 Å². The van der Waals surface area contributed by atoms with Gasteiger partial charge in [0.05, 0.1) is 11.8 Å². The smallest absolute Gasteiger partial charge is 0.219 e. The quantitative estimate of drug-likeness (QED) is 0.646. The zero-order chi connectivity index (χ0) is 18.7. The van der Waals surface area contributed by atoms with Crippen molar-refractivity contribution in [2.24, 2.45) is 5.73 Å². The molecular formula is C16H18N6O2S2. The van der Waals surface area contributed by atoms with Crippen molar-refractivity contribution >= 4 is 34.8 Å². The molecule has 0 saturated heterocycles. The Morgan fingerprint density at radius 1 is 1.50 bits per heavy atom. The molecule has 1 saturated carbocycles. The minimum absolute atomic E-state index is 0.0935. The van der Waals surface area contributed by atoms with Gasteiger partial charge >= 0.3 is 0 Å². The molecule has 2 heterocycles. The third-order valence-corrected chi connectivity index (χ3v) is 5.96. The fraction of sp³-hybridized carbons (Fsp3) is 0.500. The first-order chi connectivity index (χ1) is 12.5. The van der Waals surface area contributed by atoms with Crippen LogP contribution >= 0.6 is 23.1 Å². The number of hydrogen-bond acceptors (Lipinski definition) is 8. The first kappa shape index (κ1) is 18.5. The van der Waals surface area contributed by atoms with Crippen molar-refractivity contribution in [3.63, 3.8) is 0 Å². The lowest BCUT2D eigenvalue weighted by molar-refractivity contribution is -0.118. The van der Waals surface area contributed by atoms with Gasteiger partial charge in [-0.15, -0.1) is 21.5 Å². The van der Waals surface area contributed by atoms with Gasteiger partial charge in [-0.25, -0.2) is 4.98 Å². The fourth-order valence-corrected chi connectivity index (χ4v) is 4.21. The summed E-state index contributed by atoms with van der Waals surface area (Å²) in [4.78, 5) is 27.8. The average molecular weight is 390 g/mol. The SMILES string of the molecule is Cc1csc([C@H](C#N)C(=O)CSc2nnc(C3CC3)n2CCC(N)=O)n1. The van der Waals surface area contributed by atoms with Crippen molar-refractivity contribution in [1.82, 2.24) is 19.7 Å². The summed E-state index contributed by atoms with van der Waals surface area (Å²) in [6.07, 6.45) is 2.30. The van der Waals surface area contributed by atoms with Crippen molar-refractivity contribution in [3.8, 4) is 6.07 Å². The summed E-state index contributed by atoms with van der Waals surface area (Å²) >= 11 is 2.55. The van der Waals surface area contributed by atoms with Crippen LogP contribution < -0.4 is 5.73 Å². The van der Waals surface area contributed by atoms with Crippen LogP contribution in [0, 0.1) is 18.3 Å². The van der Waals surface area contributed by atoms with Crippen molar-refractivity contribution in [2.45, 2.75) is 49.7 Å². The molecule has 0 unspecified atom stereocenters. The number of hydrogen-bond donors (Lipinski definition) is 1. The number of rotatable bonds is 9. The van der Waals surface area contributed by atoms with E-state index in [9.17, 15) is 14.9 Å². The monoisotopic (exact) mass is 390 g/mol. The number of primary amides is 1. The lowest BCUT2D eigenvalue weighted by Gasteiger charge is -2.09. The second kappa shape index (κ2) is 7.97. The number of thioether (sulfide) groups is 1. The summed E-state index contributed by atoms with van der Waals surface area (Å²) in [6, 6.07) is 2.04. The molecule has 1 atom stereocenters. The van der Waals surface area contributed by atoms with Crippen molar-refractivity contribution < 1.29 is 9.59 Å². The molecule has 136 valence electrons. The number of Topliss-reactive ketones (excluding diaryl/α,β-unsaturated/α-hetero) is 1. The van der Waals surface area contributed by atoms with Crippen LogP contribution in [0.4, 0.5) is 0 Å². The van der Waals surface area contributed by atoms with Gasteiger partial charge in [0, 0.05) is 30.0 Å². The highest BCUT2D eigenvalue weighted by Gasteiger charge is 2.31. The van der Waals surface area contributed by atoms with Gasteiger partial charge in [-0.3, -0.25) is 9.59 Å². The van der Waals surface area contributed by atoms with E-state index in [2.05, 4.69) is 15.2 Å². The molecule has 1 amide bonds. The minimum atomic E-state index is -0.869. The maximum absolute atomic E-state index is 12.5. The molecular weight excluding hydrogens is 372 g/mol. The van der Waals surface area contributed by atoms with Gasteiger partial charge < -0.3 is 10.3 Å². The topological polar surface area (TPSA) is 128 Å². The maximum atomic E-state index is 12.5. The lowest BCUT2D eigenvalue weighted by atomic mass is 10.1. The number of amides is 1. The molecule has 1 fully saturated rings. The number of carbonyl (C=O) groups is 2. The molecule has 26 heavy (non-hydrogen) atoms. The zero-order valence-electron chi connectivity index (χ0n) is 14.2. The number of nitrogens with zero attached hydrogens (tertiary/aromatic N) is 5. The van der Waals surface area contributed by atoms with E-state index in [1.165, 1.54) is 23.1 Å². The van der Waals surface area contributed by atoms with E-state index in [0.717, 1.165) is 24.4 Å². The minimum Gasteiger partial charge on any atom is -0.370 e. The molecule has 2 aromatic rings. The Labute approximate surface area is 158 Å². The van der Waals surface area contributed by atoms with Crippen LogP contribution in [0.1, 0.15) is 47.6 Å².